The lowest BCUT2D eigenvalue weighted by Gasteiger charge is -2.04. The van der Waals surface area contributed by atoms with E-state index in [1.54, 1.807) is 0 Å². The highest BCUT2D eigenvalue weighted by Gasteiger charge is 2.11. The molecule has 0 radical (unpaired) electrons. The lowest BCUT2D eigenvalue weighted by atomic mass is 10.0. The zero-order chi connectivity index (χ0) is 12.5. The van der Waals surface area contributed by atoms with E-state index in [1.165, 1.54) is 0 Å². The second kappa shape index (κ2) is 4.27. The van der Waals surface area contributed by atoms with Gasteiger partial charge in [0.2, 0.25) is 0 Å². The second-order valence-electron chi connectivity index (χ2n) is 4.44. The molecule has 0 saturated carbocycles. The Morgan fingerprint density at radius 3 is 2.61 bits per heavy atom. The predicted octanol–water partition coefficient (Wildman–Crippen LogP) is 3.51. The molecule has 3 nitrogen and oxygen atoms in total. The summed E-state index contributed by atoms with van der Waals surface area (Å²) in [6, 6.07) is 16.0. The number of fused-ring (bicyclic) bond motifs is 1. The Hall–Kier alpha value is -2.13. The van der Waals surface area contributed by atoms with Gasteiger partial charge in [-0.3, -0.25) is 0 Å². The monoisotopic (exact) mass is 238 g/mol. The maximum Gasteiger partial charge on any atom is 0.174 e. The lowest BCUT2D eigenvalue weighted by molar-refractivity contribution is 0.441. The van der Waals surface area contributed by atoms with Crippen molar-refractivity contribution in [3.05, 3.63) is 54.1 Å². The molecular weight excluding hydrogens is 224 g/mol. The summed E-state index contributed by atoms with van der Waals surface area (Å²) in [4.78, 5) is 0. The third-order valence-corrected chi connectivity index (χ3v) is 3.06. The third-order valence-electron chi connectivity index (χ3n) is 3.06. The summed E-state index contributed by atoms with van der Waals surface area (Å²) in [7, 11) is 0. The summed E-state index contributed by atoms with van der Waals surface area (Å²) in [6.45, 7) is 1.97. The lowest BCUT2D eigenvalue weighted by Crippen LogP contribution is -2.04. The topological polar surface area (TPSA) is 52.0 Å². The molecule has 1 unspecified atom stereocenters. The van der Waals surface area contributed by atoms with Crippen molar-refractivity contribution in [3.63, 3.8) is 0 Å². The van der Waals surface area contributed by atoms with Crippen LogP contribution in [0.25, 0.3) is 22.2 Å². The summed E-state index contributed by atoms with van der Waals surface area (Å²) in [6.07, 6.45) is 0. The Labute approximate surface area is 105 Å². The fourth-order valence-electron chi connectivity index (χ4n) is 2.04. The van der Waals surface area contributed by atoms with Gasteiger partial charge in [-0.25, -0.2) is 0 Å². The Morgan fingerprint density at radius 2 is 1.89 bits per heavy atom. The van der Waals surface area contributed by atoms with E-state index in [1.807, 2.05) is 49.4 Å². The van der Waals surface area contributed by atoms with Crippen LogP contribution in [0, 0.1) is 0 Å². The van der Waals surface area contributed by atoms with Crippen LogP contribution in [0.3, 0.4) is 0 Å². The average molecular weight is 238 g/mol. The van der Waals surface area contributed by atoms with Crippen LogP contribution in [-0.4, -0.2) is 5.16 Å². The van der Waals surface area contributed by atoms with E-state index in [0.29, 0.717) is 0 Å². The van der Waals surface area contributed by atoms with Crippen LogP contribution in [-0.2, 0) is 0 Å². The van der Waals surface area contributed by atoms with E-state index >= 15 is 0 Å². The third kappa shape index (κ3) is 1.79. The van der Waals surface area contributed by atoms with Crippen molar-refractivity contribution in [1.82, 2.24) is 5.16 Å². The maximum atomic E-state index is 5.91. The molecule has 0 bridgehead atoms. The summed E-state index contributed by atoms with van der Waals surface area (Å²) >= 11 is 0. The van der Waals surface area contributed by atoms with E-state index in [0.717, 1.165) is 27.8 Å². The molecule has 0 saturated heterocycles. The second-order valence-corrected chi connectivity index (χ2v) is 4.44. The molecule has 1 heterocycles. The molecule has 0 aliphatic heterocycles. The quantitative estimate of drug-likeness (QED) is 0.743. The number of benzene rings is 2. The van der Waals surface area contributed by atoms with E-state index in [2.05, 4.69) is 11.2 Å². The minimum atomic E-state index is 0.00734. The Balaban J connectivity index is 2.21. The van der Waals surface area contributed by atoms with Gasteiger partial charge in [0.1, 0.15) is 5.52 Å². The number of aromatic nitrogens is 1. The summed E-state index contributed by atoms with van der Waals surface area (Å²) < 4.78 is 5.45. The molecule has 1 atom stereocenters. The first-order valence-electron chi connectivity index (χ1n) is 5.96. The standard InChI is InChI=1S/C15H14N2O/c1-10(16)12-7-8-14-13(9-12)15(18-17-14)11-5-3-2-4-6-11/h2-10H,16H2,1H3. The molecule has 3 heteroatoms. The molecule has 2 aromatic carbocycles. The smallest absolute Gasteiger partial charge is 0.174 e. The van der Waals surface area contributed by atoms with Gasteiger partial charge in [0.25, 0.3) is 0 Å². The van der Waals surface area contributed by atoms with E-state index in [4.69, 9.17) is 10.3 Å². The molecule has 3 aromatic rings. The molecule has 1 aromatic heterocycles. The van der Waals surface area contributed by atoms with Gasteiger partial charge in [-0.1, -0.05) is 41.6 Å². The molecule has 0 aliphatic carbocycles. The van der Waals surface area contributed by atoms with Gasteiger partial charge < -0.3 is 10.3 Å². The van der Waals surface area contributed by atoms with Crippen LogP contribution in [0.1, 0.15) is 18.5 Å². The maximum absolute atomic E-state index is 5.91. The van der Waals surface area contributed by atoms with E-state index in [9.17, 15) is 0 Å². The molecule has 0 fully saturated rings. The Bertz CT molecular complexity index is 671. The summed E-state index contributed by atoms with van der Waals surface area (Å²) in [5.74, 6) is 0.799. The average Bonchev–Trinajstić information content (AvgIpc) is 2.82. The number of hydrogen-bond acceptors (Lipinski definition) is 3. The number of hydrogen-bond donors (Lipinski definition) is 1. The first kappa shape index (κ1) is 11.0. The first-order valence-corrected chi connectivity index (χ1v) is 5.96. The Morgan fingerprint density at radius 1 is 1.11 bits per heavy atom. The van der Waals surface area contributed by atoms with Crippen LogP contribution in [0.2, 0.25) is 0 Å². The fraction of sp³-hybridized carbons (Fsp3) is 0.133. The molecule has 18 heavy (non-hydrogen) atoms. The van der Waals surface area contributed by atoms with Crippen LogP contribution >= 0.6 is 0 Å². The van der Waals surface area contributed by atoms with Gasteiger partial charge in [0.05, 0.1) is 5.39 Å². The van der Waals surface area contributed by atoms with E-state index in [-0.39, 0.29) is 6.04 Å². The fourth-order valence-corrected chi connectivity index (χ4v) is 2.04. The van der Waals surface area contributed by atoms with Gasteiger partial charge in [0.15, 0.2) is 5.76 Å². The van der Waals surface area contributed by atoms with Crippen molar-refractivity contribution in [3.8, 4) is 11.3 Å². The number of nitrogens with two attached hydrogens (primary N) is 1. The molecule has 90 valence electrons. The van der Waals surface area contributed by atoms with Crippen molar-refractivity contribution < 1.29 is 4.52 Å². The van der Waals surface area contributed by atoms with Crippen LogP contribution in [0.15, 0.2) is 53.1 Å². The van der Waals surface area contributed by atoms with Crippen molar-refractivity contribution >= 4 is 10.9 Å². The number of rotatable bonds is 2. The zero-order valence-corrected chi connectivity index (χ0v) is 10.1. The SMILES string of the molecule is CC(N)c1ccc2noc(-c3ccccc3)c2c1. The minimum Gasteiger partial charge on any atom is -0.355 e. The highest BCUT2D eigenvalue weighted by atomic mass is 16.5. The zero-order valence-electron chi connectivity index (χ0n) is 10.1. The van der Waals surface area contributed by atoms with Gasteiger partial charge >= 0.3 is 0 Å². The van der Waals surface area contributed by atoms with Crippen molar-refractivity contribution in [2.75, 3.05) is 0 Å². The normalized spacial score (nSPS) is 12.8. The van der Waals surface area contributed by atoms with Crippen LogP contribution in [0.5, 0.6) is 0 Å². The van der Waals surface area contributed by atoms with Crippen molar-refractivity contribution in [2.45, 2.75) is 13.0 Å². The van der Waals surface area contributed by atoms with Crippen LogP contribution < -0.4 is 5.73 Å². The molecule has 2 N–H and O–H groups in total. The predicted molar refractivity (Wildman–Crippen MR) is 72.0 cm³/mol. The van der Waals surface area contributed by atoms with Gasteiger partial charge in [0, 0.05) is 11.6 Å². The van der Waals surface area contributed by atoms with Gasteiger partial charge in [-0.2, -0.15) is 0 Å². The molecule has 0 amide bonds. The number of nitrogens with zero attached hydrogens (tertiary/aromatic N) is 1. The van der Waals surface area contributed by atoms with E-state index < -0.39 is 0 Å². The summed E-state index contributed by atoms with van der Waals surface area (Å²) in [5, 5.41) is 5.09. The molecule has 3 rings (SSSR count). The highest BCUT2D eigenvalue weighted by Crippen LogP contribution is 2.30. The molecular formula is C15H14N2O. The molecule has 0 aliphatic rings. The van der Waals surface area contributed by atoms with Crippen LogP contribution in [0.4, 0.5) is 0 Å². The largest absolute Gasteiger partial charge is 0.355 e. The highest BCUT2D eigenvalue weighted by molar-refractivity contribution is 5.91. The summed E-state index contributed by atoms with van der Waals surface area (Å²) in [5.41, 5.74) is 8.89. The Kier molecular flexibility index (Phi) is 2.61. The van der Waals surface area contributed by atoms with Gasteiger partial charge in [-0.05, 0) is 24.6 Å². The van der Waals surface area contributed by atoms with Crippen molar-refractivity contribution in [2.24, 2.45) is 5.73 Å². The van der Waals surface area contributed by atoms with Gasteiger partial charge in [-0.15, -0.1) is 0 Å². The van der Waals surface area contributed by atoms with Crippen molar-refractivity contribution in [1.29, 1.82) is 0 Å². The minimum absolute atomic E-state index is 0.00734. The first-order chi connectivity index (χ1) is 8.75. The molecule has 0 spiro atoms.